The molecule has 0 aliphatic carbocycles. The van der Waals surface area contributed by atoms with Crippen molar-refractivity contribution in [3.05, 3.63) is 58.6 Å². The van der Waals surface area contributed by atoms with Crippen LogP contribution in [0.25, 0.3) is 0 Å². The summed E-state index contributed by atoms with van der Waals surface area (Å²) in [4.78, 5) is 14.3. The molecule has 5 nitrogen and oxygen atoms in total. The second-order valence-electron chi connectivity index (χ2n) is 5.87. The number of rotatable bonds is 6. The van der Waals surface area contributed by atoms with Crippen molar-refractivity contribution in [3.8, 4) is 11.5 Å². The number of ether oxygens (including phenoxy) is 3. The maximum absolute atomic E-state index is 12.6. The summed E-state index contributed by atoms with van der Waals surface area (Å²) in [6.07, 6.45) is 0.0483. The van der Waals surface area contributed by atoms with Gasteiger partial charge in [0.25, 0.3) is 5.91 Å². The molecule has 0 aromatic heterocycles. The molecule has 1 aliphatic heterocycles. The van der Waals surface area contributed by atoms with Gasteiger partial charge in [0.15, 0.2) is 0 Å². The first kappa shape index (κ1) is 17.6. The highest BCUT2D eigenvalue weighted by molar-refractivity contribution is 6.30. The summed E-state index contributed by atoms with van der Waals surface area (Å²) in [5.41, 5.74) is 1.61. The van der Waals surface area contributed by atoms with Crippen molar-refractivity contribution in [1.29, 1.82) is 0 Å². The van der Waals surface area contributed by atoms with Crippen molar-refractivity contribution in [2.24, 2.45) is 0 Å². The van der Waals surface area contributed by atoms with Gasteiger partial charge in [0.05, 0.1) is 26.9 Å². The maximum atomic E-state index is 12.6. The van der Waals surface area contributed by atoms with Crippen LogP contribution >= 0.6 is 11.6 Å². The Morgan fingerprint density at radius 3 is 2.24 bits per heavy atom. The Labute approximate surface area is 152 Å². The minimum atomic E-state index is -0.0523. The zero-order valence-corrected chi connectivity index (χ0v) is 15.0. The van der Waals surface area contributed by atoms with Gasteiger partial charge in [0, 0.05) is 29.7 Å². The lowest BCUT2D eigenvalue weighted by Crippen LogP contribution is -2.54. The molecule has 1 amide bonds. The second kappa shape index (κ2) is 7.76. The topological polar surface area (TPSA) is 48.0 Å². The number of hydrogen-bond acceptors (Lipinski definition) is 4. The second-order valence-corrected chi connectivity index (χ2v) is 6.31. The number of nitrogens with zero attached hydrogens (tertiary/aromatic N) is 1. The minimum Gasteiger partial charge on any atom is -0.497 e. The van der Waals surface area contributed by atoms with Gasteiger partial charge >= 0.3 is 0 Å². The number of likely N-dealkylation sites (tertiary alicyclic amines) is 1. The standard InChI is InChI=1S/C19H20ClNO4/c1-23-16-7-14(8-17(9-16)24-2)19(22)21-10-18(11-21)25-12-13-3-5-15(20)6-4-13/h3-9,18H,10-12H2,1-2H3. The summed E-state index contributed by atoms with van der Waals surface area (Å²) < 4.78 is 16.2. The van der Waals surface area contributed by atoms with Gasteiger partial charge in [-0.05, 0) is 29.8 Å². The van der Waals surface area contributed by atoms with Crippen molar-refractivity contribution in [3.63, 3.8) is 0 Å². The minimum absolute atomic E-state index is 0.0483. The number of carbonyl (C=O) groups excluding carboxylic acids is 1. The highest BCUT2D eigenvalue weighted by atomic mass is 35.5. The van der Waals surface area contributed by atoms with E-state index in [0.717, 1.165) is 5.56 Å². The van der Waals surface area contributed by atoms with Crippen molar-refractivity contribution < 1.29 is 19.0 Å². The molecular formula is C19H20ClNO4. The van der Waals surface area contributed by atoms with Gasteiger partial charge in [0.1, 0.15) is 11.5 Å². The number of amides is 1. The molecule has 6 heteroatoms. The van der Waals surface area contributed by atoms with Crippen LogP contribution in [0.4, 0.5) is 0 Å². The highest BCUT2D eigenvalue weighted by Gasteiger charge is 2.32. The van der Waals surface area contributed by atoms with E-state index in [9.17, 15) is 4.79 Å². The van der Waals surface area contributed by atoms with Crippen molar-refractivity contribution in [1.82, 2.24) is 4.90 Å². The SMILES string of the molecule is COc1cc(OC)cc(C(=O)N2CC(OCc3ccc(Cl)cc3)C2)c1. The van der Waals surface area contributed by atoms with E-state index in [1.54, 1.807) is 37.3 Å². The van der Waals surface area contributed by atoms with E-state index in [4.69, 9.17) is 25.8 Å². The van der Waals surface area contributed by atoms with Gasteiger partial charge < -0.3 is 19.1 Å². The number of halogens is 1. The van der Waals surface area contributed by atoms with Crippen molar-refractivity contribution in [2.75, 3.05) is 27.3 Å². The van der Waals surface area contributed by atoms with E-state index in [2.05, 4.69) is 0 Å². The van der Waals surface area contributed by atoms with Crippen LogP contribution < -0.4 is 9.47 Å². The van der Waals surface area contributed by atoms with Gasteiger partial charge in [-0.15, -0.1) is 0 Å². The largest absolute Gasteiger partial charge is 0.497 e. The molecule has 0 atom stereocenters. The van der Waals surface area contributed by atoms with E-state index in [1.807, 2.05) is 24.3 Å². The molecule has 0 unspecified atom stereocenters. The van der Waals surface area contributed by atoms with E-state index in [-0.39, 0.29) is 12.0 Å². The van der Waals surface area contributed by atoms with E-state index >= 15 is 0 Å². The van der Waals surface area contributed by atoms with Crippen molar-refractivity contribution >= 4 is 17.5 Å². The molecule has 132 valence electrons. The number of methoxy groups -OCH3 is 2. The third kappa shape index (κ3) is 4.24. The Balaban J connectivity index is 1.53. The fraction of sp³-hybridized carbons (Fsp3) is 0.316. The summed E-state index contributed by atoms with van der Waals surface area (Å²) in [5.74, 6) is 1.14. The van der Waals surface area contributed by atoms with Gasteiger partial charge in [-0.25, -0.2) is 0 Å². The lowest BCUT2D eigenvalue weighted by Gasteiger charge is -2.39. The average Bonchev–Trinajstić information content (AvgIpc) is 2.61. The smallest absolute Gasteiger partial charge is 0.254 e. The summed E-state index contributed by atoms with van der Waals surface area (Å²) >= 11 is 5.87. The van der Waals surface area contributed by atoms with Crippen LogP contribution in [0.5, 0.6) is 11.5 Å². The van der Waals surface area contributed by atoms with Crippen LogP contribution in [0.3, 0.4) is 0 Å². The molecule has 1 saturated heterocycles. The molecule has 1 aliphatic rings. The van der Waals surface area contributed by atoms with E-state index < -0.39 is 0 Å². The van der Waals surface area contributed by atoms with E-state index in [1.165, 1.54) is 0 Å². The average molecular weight is 362 g/mol. The third-order valence-electron chi connectivity index (χ3n) is 4.13. The first-order chi connectivity index (χ1) is 12.1. The Morgan fingerprint density at radius 2 is 1.68 bits per heavy atom. The molecular weight excluding hydrogens is 342 g/mol. The Bertz CT molecular complexity index is 719. The van der Waals surface area contributed by atoms with E-state index in [0.29, 0.717) is 41.8 Å². The lowest BCUT2D eigenvalue weighted by molar-refractivity contribution is -0.0503. The maximum Gasteiger partial charge on any atom is 0.254 e. The summed E-state index contributed by atoms with van der Waals surface area (Å²) in [6, 6.07) is 12.7. The van der Waals surface area contributed by atoms with Crippen LogP contribution in [0.15, 0.2) is 42.5 Å². The zero-order chi connectivity index (χ0) is 17.8. The molecule has 2 aromatic carbocycles. The van der Waals surface area contributed by atoms with Crippen LogP contribution in [-0.2, 0) is 11.3 Å². The van der Waals surface area contributed by atoms with Gasteiger partial charge in [0.2, 0.25) is 0 Å². The molecule has 0 saturated carbocycles. The molecule has 1 heterocycles. The predicted molar refractivity (Wildman–Crippen MR) is 95.5 cm³/mol. The monoisotopic (exact) mass is 361 g/mol. The number of carbonyl (C=O) groups is 1. The van der Waals surface area contributed by atoms with Crippen LogP contribution in [-0.4, -0.2) is 44.2 Å². The molecule has 3 rings (SSSR count). The highest BCUT2D eigenvalue weighted by Crippen LogP contribution is 2.25. The summed E-state index contributed by atoms with van der Waals surface area (Å²) in [7, 11) is 3.13. The molecule has 0 N–H and O–H groups in total. The van der Waals surface area contributed by atoms with Crippen LogP contribution in [0.1, 0.15) is 15.9 Å². The summed E-state index contributed by atoms with van der Waals surface area (Å²) in [5, 5.41) is 0.706. The van der Waals surface area contributed by atoms with Crippen LogP contribution in [0.2, 0.25) is 5.02 Å². The lowest BCUT2D eigenvalue weighted by atomic mass is 10.1. The normalized spacial score (nSPS) is 14.1. The molecule has 0 spiro atoms. The zero-order valence-electron chi connectivity index (χ0n) is 14.2. The molecule has 25 heavy (non-hydrogen) atoms. The molecule has 0 bridgehead atoms. The molecule has 2 aromatic rings. The Morgan fingerprint density at radius 1 is 1.08 bits per heavy atom. The fourth-order valence-electron chi connectivity index (χ4n) is 2.62. The number of benzene rings is 2. The predicted octanol–water partition coefficient (Wildman–Crippen LogP) is 3.40. The first-order valence-electron chi connectivity index (χ1n) is 7.97. The first-order valence-corrected chi connectivity index (χ1v) is 8.35. The summed E-state index contributed by atoms with van der Waals surface area (Å²) in [6.45, 7) is 1.66. The quantitative estimate of drug-likeness (QED) is 0.791. The van der Waals surface area contributed by atoms with Gasteiger partial charge in [-0.2, -0.15) is 0 Å². The third-order valence-corrected chi connectivity index (χ3v) is 4.38. The fourth-order valence-corrected chi connectivity index (χ4v) is 2.74. The Hall–Kier alpha value is -2.24. The molecule has 1 fully saturated rings. The number of hydrogen-bond donors (Lipinski definition) is 0. The van der Waals surface area contributed by atoms with Gasteiger partial charge in [-0.3, -0.25) is 4.79 Å². The van der Waals surface area contributed by atoms with Crippen LogP contribution in [0, 0.1) is 0 Å². The van der Waals surface area contributed by atoms with Crippen molar-refractivity contribution in [2.45, 2.75) is 12.7 Å². The van der Waals surface area contributed by atoms with Gasteiger partial charge in [-0.1, -0.05) is 23.7 Å². The Kier molecular flexibility index (Phi) is 5.46. The molecule has 0 radical (unpaired) electrons.